The average molecular weight is 577 g/mol. The van der Waals surface area contributed by atoms with Crippen molar-refractivity contribution in [1.82, 2.24) is 15.6 Å². The van der Waals surface area contributed by atoms with Crippen LogP contribution in [-0.2, 0) is 17.9 Å². The maximum atomic E-state index is 11.9. The molecule has 2 fully saturated rings. The molecule has 4 rings (SSSR count). The van der Waals surface area contributed by atoms with Gasteiger partial charge >= 0.3 is 0 Å². The SMILES string of the molecule is CCNC(=NCc1ccnc(N2CCCCCC2)c1)NCc1ccc(N2CCCC2=O)cc1.I. The molecule has 2 aliphatic rings. The topological polar surface area (TPSA) is 72.9 Å². The zero-order valence-corrected chi connectivity index (χ0v) is 22.5. The van der Waals surface area contributed by atoms with E-state index in [0.29, 0.717) is 19.5 Å². The average Bonchev–Trinajstić information content (AvgIpc) is 3.09. The number of amides is 1. The number of benzene rings is 1. The summed E-state index contributed by atoms with van der Waals surface area (Å²) in [4.78, 5) is 25.6. The lowest BCUT2D eigenvalue weighted by Gasteiger charge is -2.21. The van der Waals surface area contributed by atoms with Crippen LogP contribution in [0.15, 0.2) is 47.6 Å². The van der Waals surface area contributed by atoms with E-state index >= 15 is 0 Å². The van der Waals surface area contributed by atoms with Crippen molar-refractivity contribution < 1.29 is 4.79 Å². The van der Waals surface area contributed by atoms with Crippen LogP contribution in [0.1, 0.15) is 56.6 Å². The minimum atomic E-state index is 0. The molecule has 0 spiro atoms. The first-order chi connectivity index (χ1) is 16.2. The van der Waals surface area contributed by atoms with Crippen molar-refractivity contribution in [3.8, 4) is 0 Å². The molecule has 2 aromatic rings. The highest BCUT2D eigenvalue weighted by molar-refractivity contribution is 14.0. The van der Waals surface area contributed by atoms with E-state index in [9.17, 15) is 4.79 Å². The molecular formula is C26H37IN6O. The van der Waals surface area contributed by atoms with Crippen LogP contribution in [0.5, 0.6) is 0 Å². The Hall–Kier alpha value is -2.36. The van der Waals surface area contributed by atoms with Gasteiger partial charge in [-0.3, -0.25) is 4.79 Å². The number of rotatable bonds is 7. The number of hydrogen-bond donors (Lipinski definition) is 2. The standard InChI is InChI=1S/C26H36N6O.HI/c1-2-27-26(29-19-21-9-11-23(12-10-21)32-17-7-8-25(32)33)30-20-22-13-14-28-24(18-22)31-15-5-3-4-6-16-31;/h9-14,18H,2-8,15-17,19-20H2,1H3,(H2,27,29,30);1H. The lowest BCUT2D eigenvalue weighted by atomic mass is 10.2. The van der Waals surface area contributed by atoms with Crippen LogP contribution in [0.25, 0.3) is 0 Å². The van der Waals surface area contributed by atoms with Crippen molar-refractivity contribution in [3.05, 3.63) is 53.7 Å². The summed E-state index contributed by atoms with van der Waals surface area (Å²) in [6, 6.07) is 12.4. The molecule has 0 atom stereocenters. The van der Waals surface area contributed by atoms with Gasteiger partial charge in [-0.2, -0.15) is 0 Å². The third kappa shape index (κ3) is 7.32. The van der Waals surface area contributed by atoms with Crippen LogP contribution in [0.4, 0.5) is 11.5 Å². The minimum Gasteiger partial charge on any atom is -0.357 e. The Morgan fingerprint density at radius 1 is 0.971 bits per heavy atom. The summed E-state index contributed by atoms with van der Waals surface area (Å²) >= 11 is 0. The molecule has 3 heterocycles. The molecule has 1 aromatic heterocycles. The van der Waals surface area contributed by atoms with Crippen molar-refractivity contribution in [1.29, 1.82) is 0 Å². The van der Waals surface area contributed by atoms with E-state index in [1.165, 1.54) is 31.2 Å². The molecular weight excluding hydrogens is 539 g/mol. The van der Waals surface area contributed by atoms with E-state index in [-0.39, 0.29) is 29.9 Å². The van der Waals surface area contributed by atoms with Crippen molar-refractivity contribution in [3.63, 3.8) is 0 Å². The number of hydrogen-bond acceptors (Lipinski definition) is 4. The molecule has 8 heteroatoms. The van der Waals surface area contributed by atoms with Crippen molar-refractivity contribution in [2.45, 2.75) is 58.5 Å². The van der Waals surface area contributed by atoms with E-state index in [0.717, 1.165) is 55.6 Å². The van der Waals surface area contributed by atoms with Crippen LogP contribution in [-0.4, -0.2) is 43.0 Å². The number of aromatic nitrogens is 1. The number of pyridine rings is 1. The Bertz CT molecular complexity index is 941. The van der Waals surface area contributed by atoms with E-state index in [2.05, 4.69) is 45.6 Å². The third-order valence-corrected chi connectivity index (χ3v) is 6.29. The smallest absolute Gasteiger partial charge is 0.227 e. The largest absolute Gasteiger partial charge is 0.357 e. The summed E-state index contributed by atoms with van der Waals surface area (Å²) in [5.41, 5.74) is 3.31. The predicted molar refractivity (Wildman–Crippen MR) is 150 cm³/mol. The second kappa shape index (κ2) is 13.5. The molecule has 0 bridgehead atoms. The first-order valence-corrected chi connectivity index (χ1v) is 12.3. The summed E-state index contributed by atoms with van der Waals surface area (Å²) in [5, 5.41) is 6.75. The maximum absolute atomic E-state index is 11.9. The Labute approximate surface area is 220 Å². The minimum absolute atomic E-state index is 0. The van der Waals surface area contributed by atoms with Crippen LogP contribution >= 0.6 is 24.0 Å². The van der Waals surface area contributed by atoms with Gasteiger partial charge < -0.3 is 20.4 Å². The van der Waals surface area contributed by atoms with Gasteiger partial charge in [-0.05, 0) is 61.6 Å². The molecule has 0 radical (unpaired) electrons. The number of nitrogens with zero attached hydrogens (tertiary/aromatic N) is 4. The summed E-state index contributed by atoms with van der Waals surface area (Å²) < 4.78 is 0. The Morgan fingerprint density at radius 2 is 1.74 bits per heavy atom. The number of anilines is 2. The van der Waals surface area contributed by atoms with E-state index < -0.39 is 0 Å². The number of carbonyl (C=O) groups is 1. The normalized spacial score (nSPS) is 16.7. The first kappa shape index (κ1) is 26.2. The molecule has 1 amide bonds. The molecule has 0 aliphatic carbocycles. The molecule has 0 unspecified atom stereocenters. The lowest BCUT2D eigenvalue weighted by molar-refractivity contribution is -0.117. The highest BCUT2D eigenvalue weighted by Gasteiger charge is 2.21. The molecule has 1 aromatic carbocycles. The third-order valence-electron chi connectivity index (χ3n) is 6.29. The van der Waals surface area contributed by atoms with Crippen LogP contribution in [0, 0.1) is 0 Å². The second-order valence-electron chi connectivity index (χ2n) is 8.79. The van der Waals surface area contributed by atoms with Gasteiger partial charge in [-0.15, -0.1) is 24.0 Å². The van der Waals surface area contributed by atoms with Gasteiger partial charge in [0.25, 0.3) is 0 Å². The van der Waals surface area contributed by atoms with Gasteiger partial charge in [0, 0.05) is 51.0 Å². The number of carbonyl (C=O) groups excluding carboxylic acids is 1. The monoisotopic (exact) mass is 576 g/mol. The molecule has 7 nitrogen and oxygen atoms in total. The summed E-state index contributed by atoms with van der Waals surface area (Å²) in [7, 11) is 0. The molecule has 0 saturated carbocycles. The predicted octanol–water partition coefficient (Wildman–Crippen LogP) is 4.46. The summed E-state index contributed by atoms with van der Waals surface area (Å²) in [6.45, 7) is 7.16. The highest BCUT2D eigenvalue weighted by atomic mass is 127. The molecule has 2 saturated heterocycles. The van der Waals surface area contributed by atoms with Crippen molar-refractivity contribution >= 4 is 47.3 Å². The Kier molecular flexibility index (Phi) is 10.4. The van der Waals surface area contributed by atoms with E-state index in [4.69, 9.17) is 4.99 Å². The fourth-order valence-electron chi connectivity index (χ4n) is 4.44. The number of guanidine groups is 1. The zero-order valence-electron chi connectivity index (χ0n) is 20.1. The lowest BCUT2D eigenvalue weighted by Crippen LogP contribution is -2.36. The Morgan fingerprint density at radius 3 is 2.41 bits per heavy atom. The number of aliphatic imine (C=N–C) groups is 1. The molecule has 2 aliphatic heterocycles. The van der Waals surface area contributed by atoms with Crippen LogP contribution in [0.3, 0.4) is 0 Å². The first-order valence-electron chi connectivity index (χ1n) is 12.3. The summed E-state index contributed by atoms with van der Waals surface area (Å²) in [6.07, 6.45) is 8.62. The fraction of sp³-hybridized carbons (Fsp3) is 0.500. The maximum Gasteiger partial charge on any atom is 0.227 e. The van der Waals surface area contributed by atoms with Gasteiger partial charge in [0.05, 0.1) is 6.54 Å². The van der Waals surface area contributed by atoms with Gasteiger partial charge in [0.1, 0.15) is 5.82 Å². The molecule has 34 heavy (non-hydrogen) atoms. The van der Waals surface area contributed by atoms with E-state index in [1.807, 2.05) is 29.3 Å². The summed E-state index contributed by atoms with van der Waals surface area (Å²) in [5.74, 6) is 2.08. The van der Waals surface area contributed by atoms with Crippen LogP contribution in [0.2, 0.25) is 0 Å². The zero-order chi connectivity index (χ0) is 22.9. The number of nitrogens with one attached hydrogen (secondary N) is 2. The van der Waals surface area contributed by atoms with Gasteiger partial charge in [-0.25, -0.2) is 9.98 Å². The second-order valence-corrected chi connectivity index (χ2v) is 8.79. The molecule has 184 valence electrons. The highest BCUT2D eigenvalue weighted by Crippen LogP contribution is 2.22. The van der Waals surface area contributed by atoms with Gasteiger partial charge in [-0.1, -0.05) is 25.0 Å². The van der Waals surface area contributed by atoms with Gasteiger partial charge in [0.2, 0.25) is 5.91 Å². The van der Waals surface area contributed by atoms with Crippen molar-refractivity contribution in [2.24, 2.45) is 4.99 Å². The molecule has 2 N–H and O–H groups in total. The van der Waals surface area contributed by atoms with Crippen molar-refractivity contribution in [2.75, 3.05) is 36.0 Å². The number of halogens is 1. The van der Waals surface area contributed by atoms with Crippen LogP contribution < -0.4 is 20.4 Å². The fourth-order valence-corrected chi connectivity index (χ4v) is 4.44. The quantitative estimate of drug-likeness (QED) is 0.290. The van der Waals surface area contributed by atoms with Gasteiger partial charge in [0.15, 0.2) is 5.96 Å². The Balaban J connectivity index is 0.00000324. The van der Waals surface area contributed by atoms with E-state index in [1.54, 1.807) is 0 Å².